The second-order valence-corrected chi connectivity index (χ2v) is 8.27. The Bertz CT molecular complexity index is 533. The lowest BCUT2D eigenvalue weighted by atomic mass is 10.0. The number of hydrogen-bond donors (Lipinski definition) is 0. The molecule has 1 aromatic carbocycles. The normalized spacial score (nSPS) is 19.8. The lowest BCUT2D eigenvalue weighted by Gasteiger charge is -2.41. The van der Waals surface area contributed by atoms with Gasteiger partial charge in [-0.05, 0) is 32.9 Å². The fourth-order valence-electron chi connectivity index (χ4n) is 2.53. The Morgan fingerprint density at radius 1 is 1.15 bits per heavy atom. The molecule has 1 aliphatic rings. The molecule has 4 nitrogen and oxygen atoms in total. The molecule has 0 amide bonds. The zero-order chi connectivity index (χ0) is 14.8. The summed E-state index contributed by atoms with van der Waals surface area (Å²) in [7, 11) is -3.37. The number of sulfone groups is 1. The maximum atomic E-state index is 12.9. The first-order chi connectivity index (χ1) is 9.37. The Balaban J connectivity index is 2.28. The van der Waals surface area contributed by atoms with E-state index in [1.165, 1.54) is 0 Å². The summed E-state index contributed by atoms with van der Waals surface area (Å²) >= 11 is 0. The number of hydrogen-bond acceptors (Lipinski definition) is 4. The summed E-state index contributed by atoms with van der Waals surface area (Å²) in [5.41, 5.74) is 0. The highest BCUT2D eigenvalue weighted by Crippen LogP contribution is 2.31. The Morgan fingerprint density at radius 2 is 1.70 bits per heavy atom. The second-order valence-electron chi connectivity index (χ2n) is 5.74. The lowest BCUT2D eigenvalue weighted by molar-refractivity contribution is 0.0137. The van der Waals surface area contributed by atoms with Crippen molar-refractivity contribution < 1.29 is 13.2 Å². The van der Waals surface area contributed by atoms with E-state index in [1.54, 1.807) is 24.3 Å². The standard InChI is InChI=1S/C15H23NO3S/c1-13(16-9-11-19-12-10-16)15(2,3)20(17,18)14-7-5-4-6-8-14/h4-8,13H,9-12H2,1-3H3. The highest BCUT2D eigenvalue weighted by atomic mass is 32.2. The number of ether oxygens (including phenoxy) is 1. The van der Waals surface area contributed by atoms with E-state index in [9.17, 15) is 8.42 Å². The summed E-state index contributed by atoms with van der Waals surface area (Å²) in [5.74, 6) is 0. The van der Waals surface area contributed by atoms with Gasteiger partial charge < -0.3 is 4.74 Å². The minimum absolute atomic E-state index is 0.0587. The molecule has 1 unspecified atom stereocenters. The predicted octanol–water partition coefficient (Wildman–Crippen LogP) is 1.96. The van der Waals surface area contributed by atoms with Crippen molar-refractivity contribution in [1.29, 1.82) is 0 Å². The number of nitrogens with zero attached hydrogens (tertiary/aromatic N) is 1. The van der Waals surface area contributed by atoms with E-state index in [4.69, 9.17) is 4.74 Å². The van der Waals surface area contributed by atoms with E-state index in [1.807, 2.05) is 26.8 Å². The Hall–Kier alpha value is -0.910. The van der Waals surface area contributed by atoms with Gasteiger partial charge in [-0.15, -0.1) is 0 Å². The summed E-state index contributed by atoms with van der Waals surface area (Å²) in [6.45, 7) is 8.54. The SMILES string of the molecule is CC(N1CCOCC1)C(C)(C)S(=O)(=O)c1ccccc1. The molecule has 2 rings (SSSR count). The molecule has 1 aromatic rings. The minimum Gasteiger partial charge on any atom is -0.379 e. The summed E-state index contributed by atoms with van der Waals surface area (Å²) in [5, 5.41) is 0. The second kappa shape index (κ2) is 5.84. The fraction of sp³-hybridized carbons (Fsp3) is 0.600. The molecule has 0 aliphatic carbocycles. The van der Waals surface area contributed by atoms with E-state index in [-0.39, 0.29) is 6.04 Å². The topological polar surface area (TPSA) is 46.6 Å². The molecule has 0 N–H and O–H groups in total. The van der Waals surface area contributed by atoms with Crippen LogP contribution in [0.3, 0.4) is 0 Å². The van der Waals surface area contributed by atoms with Gasteiger partial charge in [0.15, 0.2) is 9.84 Å². The fourth-order valence-corrected chi connectivity index (χ4v) is 4.25. The predicted molar refractivity (Wildman–Crippen MR) is 79.6 cm³/mol. The minimum atomic E-state index is -3.37. The molecule has 0 saturated carbocycles. The maximum absolute atomic E-state index is 12.9. The molecule has 0 aromatic heterocycles. The van der Waals surface area contributed by atoms with Crippen molar-refractivity contribution in [3.8, 4) is 0 Å². The first-order valence-electron chi connectivity index (χ1n) is 6.99. The Labute approximate surface area is 121 Å². The molecule has 1 fully saturated rings. The molecular formula is C15H23NO3S. The van der Waals surface area contributed by atoms with Gasteiger partial charge in [0, 0.05) is 19.1 Å². The van der Waals surface area contributed by atoms with Crippen LogP contribution in [0, 0.1) is 0 Å². The third-order valence-electron chi connectivity index (χ3n) is 4.35. The van der Waals surface area contributed by atoms with Gasteiger partial charge in [-0.25, -0.2) is 8.42 Å². The molecule has 1 saturated heterocycles. The average molecular weight is 297 g/mol. The summed E-state index contributed by atoms with van der Waals surface area (Å²) in [6.07, 6.45) is 0. The van der Waals surface area contributed by atoms with Crippen molar-refractivity contribution >= 4 is 9.84 Å². The van der Waals surface area contributed by atoms with Crippen LogP contribution in [0.5, 0.6) is 0 Å². The van der Waals surface area contributed by atoms with E-state index >= 15 is 0 Å². The number of morpholine rings is 1. The largest absolute Gasteiger partial charge is 0.379 e. The van der Waals surface area contributed by atoms with Crippen LogP contribution in [-0.4, -0.2) is 50.4 Å². The zero-order valence-electron chi connectivity index (χ0n) is 12.4. The molecule has 0 spiro atoms. The highest BCUT2D eigenvalue weighted by molar-refractivity contribution is 7.92. The lowest BCUT2D eigenvalue weighted by Crippen LogP contribution is -2.55. The van der Waals surface area contributed by atoms with Gasteiger partial charge in [0.2, 0.25) is 0 Å². The Kier molecular flexibility index (Phi) is 4.52. The molecule has 1 heterocycles. The molecule has 0 radical (unpaired) electrons. The monoisotopic (exact) mass is 297 g/mol. The summed E-state index contributed by atoms with van der Waals surface area (Å²) < 4.78 is 30.3. The zero-order valence-corrected chi connectivity index (χ0v) is 13.2. The first kappa shape index (κ1) is 15.5. The van der Waals surface area contributed by atoms with Crippen LogP contribution < -0.4 is 0 Å². The van der Waals surface area contributed by atoms with Gasteiger partial charge in [-0.1, -0.05) is 18.2 Å². The van der Waals surface area contributed by atoms with Crippen LogP contribution in [0.25, 0.3) is 0 Å². The maximum Gasteiger partial charge on any atom is 0.185 e. The van der Waals surface area contributed by atoms with E-state index in [0.29, 0.717) is 18.1 Å². The highest BCUT2D eigenvalue weighted by Gasteiger charge is 2.43. The van der Waals surface area contributed by atoms with Crippen molar-refractivity contribution in [3.05, 3.63) is 30.3 Å². The molecule has 20 heavy (non-hydrogen) atoms. The van der Waals surface area contributed by atoms with Crippen molar-refractivity contribution in [2.24, 2.45) is 0 Å². The molecule has 1 atom stereocenters. The van der Waals surface area contributed by atoms with Gasteiger partial charge in [-0.3, -0.25) is 4.90 Å². The summed E-state index contributed by atoms with van der Waals surface area (Å²) in [4.78, 5) is 2.59. The van der Waals surface area contributed by atoms with Gasteiger partial charge in [0.1, 0.15) is 0 Å². The van der Waals surface area contributed by atoms with Gasteiger partial charge in [0.25, 0.3) is 0 Å². The molecule has 5 heteroatoms. The van der Waals surface area contributed by atoms with Crippen LogP contribution >= 0.6 is 0 Å². The van der Waals surface area contributed by atoms with E-state index < -0.39 is 14.6 Å². The third-order valence-corrected chi connectivity index (χ3v) is 6.96. The van der Waals surface area contributed by atoms with Crippen LogP contribution in [0.15, 0.2) is 35.2 Å². The molecule has 112 valence electrons. The average Bonchev–Trinajstić information content (AvgIpc) is 2.48. The van der Waals surface area contributed by atoms with E-state index in [0.717, 1.165) is 13.1 Å². The van der Waals surface area contributed by atoms with Crippen LogP contribution in [-0.2, 0) is 14.6 Å². The van der Waals surface area contributed by atoms with Crippen molar-refractivity contribution in [2.75, 3.05) is 26.3 Å². The third kappa shape index (κ3) is 2.75. The Morgan fingerprint density at radius 3 is 2.25 bits per heavy atom. The van der Waals surface area contributed by atoms with Gasteiger partial charge in [-0.2, -0.15) is 0 Å². The number of rotatable bonds is 4. The summed E-state index contributed by atoms with van der Waals surface area (Å²) in [6, 6.07) is 8.64. The van der Waals surface area contributed by atoms with Crippen molar-refractivity contribution in [3.63, 3.8) is 0 Å². The van der Waals surface area contributed by atoms with Crippen molar-refractivity contribution in [1.82, 2.24) is 4.90 Å². The van der Waals surface area contributed by atoms with Gasteiger partial charge in [0.05, 0.1) is 22.9 Å². The van der Waals surface area contributed by atoms with Gasteiger partial charge >= 0.3 is 0 Å². The quantitative estimate of drug-likeness (QED) is 0.852. The molecule has 0 bridgehead atoms. The molecule has 1 aliphatic heterocycles. The van der Waals surface area contributed by atoms with Crippen molar-refractivity contribution in [2.45, 2.75) is 36.5 Å². The van der Waals surface area contributed by atoms with Crippen LogP contribution in [0.1, 0.15) is 20.8 Å². The smallest absolute Gasteiger partial charge is 0.185 e. The first-order valence-corrected chi connectivity index (χ1v) is 8.47. The van der Waals surface area contributed by atoms with E-state index in [2.05, 4.69) is 4.90 Å². The molecular weight excluding hydrogens is 274 g/mol. The number of benzene rings is 1. The van der Waals surface area contributed by atoms with Crippen LogP contribution in [0.4, 0.5) is 0 Å². The van der Waals surface area contributed by atoms with Crippen LogP contribution in [0.2, 0.25) is 0 Å².